The predicted octanol–water partition coefficient (Wildman–Crippen LogP) is 1.78. The fourth-order valence-corrected chi connectivity index (χ4v) is 6.14. The summed E-state index contributed by atoms with van der Waals surface area (Å²) in [4.78, 5) is 45.1. The van der Waals surface area contributed by atoms with Crippen LogP contribution in [-0.2, 0) is 32.6 Å². The van der Waals surface area contributed by atoms with Crippen molar-refractivity contribution in [2.75, 3.05) is 13.1 Å². The van der Waals surface area contributed by atoms with Gasteiger partial charge in [-0.1, -0.05) is 30.3 Å². The fourth-order valence-electron chi connectivity index (χ4n) is 4.77. The minimum absolute atomic E-state index is 0.123. The molecule has 11 heteroatoms. The molecule has 2 unspecified atom stereocenters. The van der Waals surface area contributed by atoms with Crippen LogP contribution in [0, 0.1) is 0 Å². The maximum atomic E-state index is 13.5. The van der Waals surface area contributed by atoms with Gasteiger partial charge in [0.15, 0.2) is 16.6 Å². The molecule has 2 aliphatic heterocycles. The number of ketones is 1. The number of carbonyl (C=O) groups excluding carboxylic acids is 3. The van der Waals surface area contributed by atoms with E-state index >= 15 is 0 Å². The highest BCUT2D eigenvalue weighted by atomic mass is 32.2. The Bertz CT molecular complexity index is 1410. The number of sulfonamides is 1. The number of furan rings is 1. The number of fused-ring (bicyclic) bond motifs is 1. The van der Waals surface area contributed by atoms with Gasteiger partial charge in [-0.2, -0.15) is 4.31 Å². The van der Waals surface area contributed by atoms with Gasteiger partial charge in [-0.05, 0) is 48.2 Å². The first-order valence-electron chi connectivity index (χ1n) is 12.0. The lowest BCUT2D eigenvalue weighted by Crippen LogP contribution is -2.55. The van der Waals surface area contributed by atoms with Gasteiger partial charge in [0.05, 0.1) is 18.8 Å². The number of nitrogens with zero attached hydrogens (tertiary/aromatic N) is 3. The van der Waals surface area contributed by atoms with Crippen molar-refractivity contribution in [2.24, 2.45) is 0 Å². The standard InChI is InChI=1S/C26H26N4O6S/c31-22-17-29(37(34,35)24-11-3-4-12-27-24)13-5-9-20(22)28-25(32)21-15-18-7-1-2-8-19(18)16-30(21)26(33)23-10-6-14-36-23/h1-4,6-8,10-12,14,20-21H,5,9,13,15-17H2,(H,28,32). The summed E-state index contributed by atoms with van der Waals surface area (Å²) in [7, 11) is -3.94. The second-order valence-electron chi connectivity index (χ2n) is 9.08. The van der Waals surface area contributed by atoms with E-state index < -0.39 is 39.7 Å². The van der Waals surface area contributed by atoms with Crippen molar-refractivity contribution in [1.29, 1.82) is 0 Å². The molecule has 4 heterocycles. The summed E-state index contributed by atoms with van der Waals surface area (Å²) in [5.41, 5.74) is 1.89. The molecule has 1 aromatic carbocycles. The number of hydrogen-bond donors (Lipinski definition) is 1. The Kier molecular flexibility index (Phi) is 6.90. The molecule has 2 aromatic heterocycles. The van der Waals surface area contributed by atoms with Crippen molar-refractivity contribution in [3.8, 4) is 0 Å². The smallest absolute Gasteiger partial charge is 0.290 e. The highest BCUT2D eigenvalue weighted by molar-refractivity contribution is 7.89. The van der Waals surface area contributed by atoms with E-state index in [1.807, 2.05) is 24.3 Å². The van der Waals surface area contributed by atoms with E-state index in [1.54, 1.807) is 24.3 Å². The van der Waals surface area contributed by atoms with E-state index in [-0.39, 0.29) is 43.3 Å². The Morgan fingerprint density at radius 3 is 2.51 bits per heavy atom. The first-order chi connectivity index (χ1) is 17.8. The monoisotopic (exact) mass is 522 g/mol. The van der Waals surface area contributed by atoms with Crippen LogP contribution in [0.5, 0.6) is 0 Å². The van der Waals surface area contributed by atoms with Gasteiger partial charge in [0.2, 0.25) is 5.91 Å². The highest BCUT2D eigenvalue weighted by Crippen LogP contribution is 2.26. The van der Waals surface area contributed by atoms with Crippen LogP contribution < -0.4 is 5.32 Å². The molecule has 0 aliphatic carbocycles. The summed E-state index contributed by atoms with van der Waals surface area (Å²) < 4.78 is 32.3. The molecule has 0 radical (unpaired) electrons. The van der Waals surface area contributed by atoms with Crippen molar-refractivity contribution in [2.45, 2.75) is 42.9 Å². The third-order valence-electron chi connectivity index (χ3n) is 6.72. The number of aromatic nitrogens is 1. The van der Waals surface area contributed by atoms with Crippen molar-refractivity contribution < 1.29 is 27.2 Å². The van der Waals surface area contributed by atoms with Gasteiger partial charge >= 0.3 is 0 Å². The average Bonchev–Trinajstić information content (AvgIpc) is 3.39. The number of Topliss-reactive ketones (excluding diaryl/α,β-unsaturated/α-hetero) is 1. The summed E-state index contributed by atoms with van der Waals surface area (Å²) in [5.74, 6) is -1.17. The zero-order valence-electron chi connectivity index (χ0n) is 19.9. The third-order valence-corrected chi connectivity index (χ3v) is 8.49. The molecule has 3 aromatic rings. The van der Waals surface area contributed by atoms with Gasteiger partial charge in [-0.25, -0.2) is 13.4 Å². The van der Waals surface area contributed by atoms with E-state index in [9.17, 15) is 22.8 Å². The van der Waals surface area contributed by atoms with E-state index in [2.05, 4.69) is 10.3 Å². The molecule has 2 amide bonds. The molecule has 0 spiro atoms. The van der Waals surface area contributed by atoms with Crippen LogP contribution in [0.1, 0.15) is 34.5 Å². The molecule has 0 bridgehead atoms. The molecule has 192 valence electrons. The Labute approximate surface area is 214 Å². The summed E-state index contributed by atoms with van der Waals surface area (Å²) >= 11 is 0. The summed E-state index contributed by atoms with van der Waals surface area (Å²) in [5, 5.41) is 2.67. The SMILES string of the molecule is O=C1CN(S(=O)(=O)c2ccccn2)CCCC1NC(=O)C1Cc2ccccc2CN1C(=O)c1ccco1. The van der Waals surface area contributed by atoms with E-state index in [0.29, 0.717) is 6.42 Å². The predicted molar refractivity (Wildman–Crippen MR) is 132 cm³/mol. The molecular weight excluding hydrogens is 496 g/mol. The van der Waals surface area contributed by atoms with Gasteiger partial charge in [0.1, 0.15) is 6.04 Å². The quantitative estimate of drug-likeness (QED) is 0.541. The topological polar surface area (TPSA) is 130 Å². The number of amides is 2. The number of benzene rings is 1. The maximum absolute atomic E-state index is 13.5. The zero-order chi connectivity index (χ0) is 26.0. The lowest BCUT2D eigenvalue weighted by Gasteiger charge is -2.36. The summed E-state index contributed by atoms with van der Waals surface area (Å²) in [6, 6.07) is 13.6. The maximum Gasteiger partial charge on any atom is 0.290 e. The van der Waals surface area contributed by atoms with Gasteiger partial charge in [-0.3, -0.25) is 14.4 Å². The van der Waals surface area contributed by atoms with E-state index in [4.69, 9.17) is 4.42 Å². The summed E-state index contributed by atoms with van der Waals surface area (Å²) in [6.45, 7) is -0.00811. The molecule has 5 rings (SSSR count). The Balaban J connectivity index is 1.33. The molecule has 1 N–H and O–H groups in total. The molecule has 37 heavy (non-hydrogen) atoms. The molecular formula is C26H26N4O6S. The van der Waals surface area contributed by atoms with Crippen molar-refractivity contribution in [3.63, 3.8) is 0 Å². The van der Waals surface area contributed by atoms with Crippen LogP contribution in [0.15, 0.2) is 76.5 Å². The van der Waals surface area contributed by atoms with Crippen LogP contribution >= 0.6 is 0 Å². The number of carbonyl (C=O) groups is 3. The minimum Gasteiger partial charge on any atom is -0.459 e. The lowest BCUT2D eigenvalue weighted by molar-refractivity contribution is -0.130. The number of nitrogens with one attached hydrogen (secondary N) is 1. The van der Waals surface area contributed by atoms with Crippen molar-refractivity contribution in [1.82, 2.24) is 19.5 Å². The zero-order valence-corrected chi connectivity index (χ0v) is 20.8. The van der Waals surface area contributed by atoms with Crippen LogP contribution in [0.2, 0.25) is 0 Å². The number of hydrogen-bond acceptors (Lipinski definition) is 7. The van der Waals surface area contributed by atoms with E-state index in [1.165, 1.54) is 23.4 Å². The highest BCUT2D eigenvalue weighted by Gasteiger charge is 2.39. The molecule has 1 fully saturated rings. The molecule has 10 nitrogen and oxygen atoms in total. The van der Waals surface area contributed by atoms with Crippen LogP contribution in [0.4, 0.5) is 0 Å². The van der Waals surface area contributed by atoms with Crippen LogP contribution in [0.3, 0.4) is 0 Å². The second kappa shape index (κ2) is 10.3. The summed E-state index contributed by atoms with van der Waals surface area (Å²) in [6.07, 6.45) is 3.73. The van der Waals surface area contributed by atoms with Crippen LogP contribution in [0.25, 0.3) is 0 Å². The Hall–Kier alpha value is -3.83. The van der Waals surface area contributed by atoms with Crippen LogP contribution in [-0.4, -0.2) is 65.4 Å². The Morgan fingerprint density at radius 2 is 1.78 bits per heavy atom. The fraction of sp³-hybridized carbons (Fsp3) is 0.308. The van der Waals surface area contributed by atoms with Crippen molar-refractivity contribution in [3.05, 3.63) is 83.9 Å². The number of rotatable bonds is 5. The molecule has 2 aliphatic rings. The first kappa shape index (κ1) is 24.8. The minimum atomic E-state index is -3.94. The van der Waals surface area contributed by atoms with Gasteiger partial charge < -0.3 is 14.6 Å². The Morgan fingerprint density at radius 1 is 1.00 bits per heavy atom. The average molecular weight is 523 g/mol. The first-order valence-corrected chi connectivity index (χ1v) is 13.4. The second-order valence-corrected chi connectivity index (χ2v) is 11.0. The molecule has 2 atom stereocenters. The van der Waals surface area contributed by atoms with Gasteiger partial charge in [0, 0.05) is 25.7 Å². The van der Waals surface area contributed by atoms with Gasteiger partial charge in [-0.15, -0.1) is 0 Å². The normalized spacial score (nSPS) is 20.6. The van der Waals surface area contributed by atoms with Crippen molar-refractivity contribution >= 4 is 27.6 Å². The lowest BCUT2D eigenvalue weighted by atomic mass is 9.92. The molecule has 1 saturated heterocycles. The largest absolute Gasteiger partial charge is 0.459 e. The number of pyridine rings is 1. The van der Waals surface area contributed by atoms with E-state index in [0.717, 1.165) is 15.4 Å². The van der Waals surface area contributed by atoms with Gasteiger partial charge in [0.25, 0.3) is 15.9 Å². The molecule has 0 saturated carbocycles. The third kappa shape index (κ3) is 5.05.